The molecular formula is C27H30FN3O4. The lowest BCUT2D eigenvalue weighted by atomic mass is 9.86. The fourth-order valence-corrected chi connectivity index (χ4v) is 5.12. The number of fused-ring (bicyclic) bond motifs is 5. The van der Waals surface area contributed by atoms with Crippen molar-refractivity contribution in [3.8, 4) is 11.4 Å². The van der Waals surface area contributed by atoms with E-state index in [4.69, 9.17) is 9.72 Å². The quantitative estimate of drug-likeness (QED) is 0.442. The van der Waals surface area contributed by atoms with Crippen LogP contribution in [0, 0.1) is 12.7 Å². The second-order valence-electron chi connectivity index (χ2n) is 9.96. The van der Waals surface area contributed by atoms with Gasteiger partial charge in [-0.15, -0.1) is 0 Å². The summed E-state index contributed by atoms with van der Waals surface area (Å²) >= 11 is 0. The van der Waals surface area contributed by atoms with Gasteiger partial charge in [0, 0.05) is 35.2 Å². The molecule has 2 aromatic heterocycles. The Morgan fingerprint density at radius 1 is 1.26 bits per heavy atom. The van der Waals surface area contributed by atoms with Crippen LogP contribution in [0.5, 0.6) is 0 Å². The zero-order valence-corrected chi connectivity index (χ0v) is 20.7. The van der Waals surface area contributed by atoms with E-state index in [1.807, 2.05) is 6.07 Å². The largest absolute Gasteiger partial charge is 0.458 e. The third-order valence-electron chi connectivity index (χ3n) is 7.68. The van der Waals surface area contributed by atoms with Crippen molar-refractivity contribution in [2.45, 2.75) is 65.3 Å². The number of nitrogens with zero attached hydrogens (tertiary/aromatic N) is 3. The molecule has 0 saturated heterocycles. The Hall–Kier alpha value is -3.10. The molecule has 0 unspecified atom stereocenters. The topological polar surface area (TPSA) is 84.7 Å². The summed E-state index contributed by atoms with van der Waals surface area (Å²) in [5.41, 5.74) is 2.55. The molecule has 5 rings (SSSR count). The second-order valence-corrected chi connectivity index (χ2v) is 9.96. The SMILES string of the molecule is CC[C@@]1(O)C(=O)OCc2c1cc1n(c2=O)Cc2c-1nc1cc(F)c(C)cc1c2CCN(C)C(C)C. The van der Waals surface area contributed by atoms with Crippen LogP contribution in [-0.2, 0) is 34.7 Å². The van der Waals surface area contributed by atoms with Gasteiger partial charge in [-0.05, 0) is 63.9 Å². The van der Waals surface area contributed by atoms with Gasteiger partial charge in [0.25, 0.3) is 5.56 Å². The number of hydrogen-bond acceptors (Lipinski definition) is 6. The lowest BCUT2D eigenvalue weighted by molar-refractivity contribution is -0.172. The normalized spacial score (nSPS) is 18.7. The summed E-state index contributed by atoms with van der Waals surface area (Å²) in [7, 11) is 2.06. The van der Waals surface area contributed by atoms with Gasteiger partial charge in [0.15, 0.2) is 5.60 Å². The number of aliphatic hydroxyl groups is 1. The van der Waals surface area contributed by atoms with Crippen LogP contribution in [0.15, 0.2) is 23.0 Å². The lowest BCUT2D eigenvalue weighted by Crippen LogP contribution is -2.44. The van der Waals surface area contributed by atoms with Crippen molar-refractivity contribution in [1.29, 1.82) is 0 Å². The third kappa shape index (κ3) is 3.50. The third-order valence-corrected chi connectivity index (χ3v) is 7.68. The van der Waals surface area contributed by atoms with E-state index in [-0.39, 0.29) is 35.5 Å². The predicted molar refractivity (Wildman–Crippen MR) is 131 cm³/mol. The van der Waals surface area contributed by atoms with Gasteiger partial charge in [0.1, 0.15) is 12.4 Å². The minimum Gasteiger partial charge on any atom is -0.458 e. The molecule has 2 aliphatic heterocycles. The van der Waals surface area contributed by atoms with Crippen LogP contribution >= 0.6 is 0 Å². The standard InChI is InChI=1S/C27H30FN3O4/c1-6-27(34)20-10-23-24-18(12-31(23)25(32)19(20)13-35-26(27)33)16(7-8-30(5)14(2)3)17-9-15(4)21(28)11-22(17)29-24/h9-11,14,34H,6-8,12-13H2,1-5H3/t27-/m0/s1. The van der Waals surface area contributed by atoms with Crippen molar-refractivity contribution in [2.24, 2.45) is 0 Å². The average molecular weight is 480 g/mol. The Kier molecular flexibility index (Phi) is 5.56. The molecule has 0 bridgehead atoms. The molecule has 0 radical (unpaired) electrons. The molecule has 2 aliphatic rings. The van der Waals surface area contributed by atoms with Gasteiger partial charge in [0.05, 0.1) is 29.0 Å². The van der Waals surface area contributed by atoms with E-state index in [0.29, 0.717) is 41.5 Å². The van der Waals surface area contributed by atoms with E-state index in [1.165, 1.54) is 6.07 Å². The Morgan fingerprint density at radius 2 is 2.00 bits per heavy atom. The van der Waals surface area contributed by atoms with Crippen LogP contribution in [0.4, 0.5) is 4.39 Å². The fraction of sp³-hybridized carbons (Fsp3) is 0.444. The van der Waals surface area contributed by atoms with E-state index >= 15 is 0 Å². The number of cyclic esters (lactones) is 1. The number of esters is 1. The smallest absolute Gasteiger partial charge is 0.343 e. The van der Waals surface area contributed by atoms with Crippen molar-refractivity contribution < 1.29 is 19.0 Å². The first-order valence-corrected chi connectivity index (χ1v) is 12.1. The van der Waals surface area contributed by atoms with Crippen LogP contribution in [-0.4, -0.2) is 45.2 Å². The highest BCUT2D eigenvalue weighted by molar-refractivity contribution is 5.89. The van der Waals surface area contributed by atoms with Crippen molar-refractivity contribution in [1.82, 2.24) is 14.5 Å². The molecule has 0 aliphatic carbocycles. The zero-order valence-electron chi connectivity index (χ0n) is 20.7. The summed E-state index contributed by atoms with van der Waals surface area (Å²) in [4.78, 5) is 33.0. The number of halogens is 1. The van der Waals surface area contributed by atoms with Gasteiger partial charge >= 0.3 is 5.97 Å². The van der Waals surface area contributed by atoms with Crippen LogP contribution in [0.2, 0.25) is 0 Å². The first-order chi connectivity index (χ1) is 16.6. The second kappa shape index (κ2) is 8.24. The lowest BCUT2D eigenvalue weighted by Gasteiger charge is -2.31. The van der Waals surface area contributed by atoms with E-state index < -0.39 is 11.6 Å². The monoisotopic (exact) mass is 479 g/mol. The summed E-state index contributed by atoms with van der Waals surface area (Å²) in [6.07, 6.45) is 0.793. The molecule has 1 aromatic carbocycles. The molecule has 3 aromatic rings. The Labute approximate surface area is 203 Å². The highest BCUT2D eigenvalue weighted by atomic mass is 19.1. The van der Waals surface area contributed by atoms with Gasteiger partial charge < -0.3 is 19.3 Å². The number of carbonyl (C=O) groups is 1. The van der Waals surface area contributed by atoms with Crippen LogP contribution in [0.3, 0.4) is 0 Å². The summed E-state index contributed by atoms with van der Waals surface area (Å²) in [6, 6.07) is 5.34. The van der Waals surface area contributed by atoms with E-state index in [2.05, 4.69) is 25.8 Å². The van der Waals surface area contributed by atoms with Gasteiger partial charge in [0.2, 0.25) is 0 Å². The number of aryl methyl sites for hydroxylation is 1. The van der Waals surface area contributed by atoms with Crippen molar-refractivity contribution in [3.05, 3.63) is 62.2 Å². The maximum atomic E-state index is 14.5. The van der Waals surface area contributed by atoms with E-state index in [9.17, 15) is 19.1 Å². The number of aromatic nitrogens is 2. The summed E-state index contributed by atoms with van der Waals surface area (Å²) in [5, 5.41) is 12.0. The van der Waals surface area contributed by atoms with E-state index in [0.717, 1.165) is 23.1 Å². The number of hydrogen-bond donors (Lipinski definition) is 1. The fourth-order valence-electron chi connectivity index (χ4n) is 5.12. The predicted octanol–water partition coefficient (Wildman–Crippen LogP) is 3.41. The molecule has 0 amide bonds. The molecule has 1 atom stereocenters. The van der Waals surface area contributed by atoms with Crippen molar-refractivity contribution >= 4 is 16.9 Å². The number of rotatable bonds is 5. The molecule has 35 heavy (non-hydrogen) atoms. The first-order valence-electron chi connectivity index (χ1n) is 12.1. The van der Waals surface area contributed by atoms with Crippen molar-refractivity contribution in [3.63, 3.8) is 0 Å². The van der Waals surface area contributed by atoms with Crippen molar-refractivity contribution in [2.75, 3.05) is 13.6 Å². The maximum absolute atomic E-state index is 14.5. The first kappa shape index (κ1) is 23.6. The number of pyridine rings is 2. The molecule has 184 valence electrons. The Morgan fingerprint density at radius 3 is 2.69 bits per heavy atom. The summed E-state index contributed by atoms with van der Waals surface area (Å²) < 4.78 is 21.3. The molecular weight excluding hydrogens is 449 g/mol. The molecule has 1 N–H and O–H groups in total. The van der Waals surface area contributed by atoms with Crippen LogP contribution in [0.1, 0.15) is 55.0 Å². The van der Waals surface area contributed by atoms with Crippen LogP contribution < -0.4 is 5.56 Å². The van der Waals surface area contributed by atoms with Gasteiger partial charge in [-0.25, -0.2) is 14.2 Å². The number of carbonyl (C=O) groups excluding carboxylic acids is 1. The average Bonchev–Trinajstić information content (AvgIpc) is 3.19. The molecule has 0 spiro atoms. The molecule has 8 heteroatoms. The number of ether oxygens (including phenoxy) is 1. The molecule has 0 fully saturated rings. The van der Waals surface area contributed by atoms with Gasteiger partial charge in [-0.1, -0.05) is 6.92 Å². The highest BCUT2D eigenvalue weighted by Gasteiger charge is 2.45. The summed E-state index contributed by atoms with van der Waals surface area (Å²) in [6.45, 7) is 8.63. The Balaban J connectivity index is 1.76. The highest BCUT2D eigenvalue weighted by Crippen LogP contribution is 2.40. The van der Waals surface area contributed by atoms with Crippen LogP contribution in [0.25, 0.3) is 22.3 Å². The number of likely N-dealkylation sites (N-methyl/N-ethyl adjacent to an activating group) is 1. The molecule has 0 saturated carbocycles. The zero-order chi connectivity index (χ0) is 25.2. The van der Waals surface area contributed by atoms with Gasteiger partial charge in [-0.3, -0.25) is 4.79 Å². The minimum absolute atomic E-state index is 0.0804. The molecule has 4 heterocycles. The Bertz CT molecular complexity index is 1450. The summed E-state index contributed by atoms with van der Waals surface area (Å²) in [5.74, 6) is -1.09. The minimum atomic E-state index is -1.88. The number of benzene rings is 1. The maximum Gasteiger partial charge on any atom is 0.343 e. The van der Waals surface area contributed by atoms with Gasteiger partial charge in [-0.2, -0.15) is 0 Å². The molecule has 7 nitrogen and oxygen atoms in total. The van der Waals surface area contributed by atoms with E-state index in [1.54, 1.807) is 24.5 Å².